The number of aromatic nitrogens is 2. The number of hydrogen-bond acceptors (Lipinski definition) is 5. The molecule has 1 unspecified atom stereocenters. The van der Waals surface area contributed by atoms with Crippen LogP contribution in [0.4, 0.5) is 19.0 Å². The predicted octanol–water partition coefficient (Wildman–Crippen LogP) is 2.87. The second-order valence-electron chi connectivity index (χ2n) is 5.62. The summed E-state index contributed by atoms with van der Waals surface area (Å²) in [5.41, 5.74) is 0.587. The van der Waals surface area contributed by atoms with Gasteiger partial charge in [0.1, 0.15) is 11.5 Å². The van der Waals surface area contributed by atoms with E-state index in [0.717, 1.165) is 0 Å². The molecule has 0 radical (unpaired) electrons. The summed E-state index contributed by atoms with van der Waals surface area (Å²) in [6.07, 6.45) is -3.02. The molecule has 0 aliphatic carbocycles. The molecule has 10 heteroatoms. The molecule has 0 spiro atoms. The summed E-state index contributed by atoms with van der Waals surface area (Å²) in [5.74, 6) is -0.833. The van der Waals surface area contributed by atoms with Crippen molar-refractivity contribution in [3.8, 4) is 5.88 Å². The van der Waals surface area contributed by atoms with Gasteiger partial charge >= 0.3 is 6.18 Å². The maximum atomic E-state index is 12.3. The summed E-state index contributed by atoms with van der Waals surface area (Å²) >= 11 is 0. The second kappa shape index (κ2) is 8.47. The number of pyridine rings is 2. The minimum Gasteiger partial charge on any atom is -0.468 e. The number of nitrogens with one attached hydrogen (secondary N) is 2. The number of carbonyl (C=O) groups is 2. The molecule has 0 aliphatic rings. The molecule has 27 heavy (non-hydrogen) atoms. The monoisotopic (exact) mass is 382 g/mol. The first kappa shape index (κ1) is 20.1. The average Bonchev–Trinajstić information content (AvgIpc) is 2.59. The van der Waals surface area contributed by atoms with Crippen LogP contribution in [0.25, 0.3) is 0 Å². The molecule has 2 aromatic heterocycles. The van der Waals surface area contributed by atoms with Gasteiger partial charge in [-0.3, -0.25) is 9.59 Å². The molecule has 2 heterocycles. The first-order chi connectivity index (χ1) is 12.6. The van der Waals surface area contributed by atoms with Crippen molar-refractivity contribution in [2.24, 2.45) is 0 Å². The van der Waals surface area contributed by atoms with Crippen LogP contribution in [0.3, 0.4) is 0 Å². The second-order valence-corrected chi connectivity index (χ2v) is 5.62. The van der Waals surface area contributed by atoms with Crippen LogP contribution in [0.5, 0.6) is 5.88 Å². The van der Waals surface area contributed by atoms with E-state index in [1.165, 1.54) is 31.3 Å². The molecule has 0 saturated heterocycles. The van der Waals surface area contributed by atoms with Crippen LogP contribution in [0, 0.1) is 0 Å². The summed E-state index contributed by atoms with van der Waals surface area (Å²) in [4.78, 5) is 31.2. The Morgan fingerprint density at radius 1 is 1.26 bits per heavy atom. The van der Waals surface area contributed by atoms with Gasteiger partial charge in [0, 0.05) is 19.2 Å². The molecule has 0 fully saturated rings. The van der Waals surface area contributed by atoms with Gasteiger partial charge in [0.25, 0.3) is 5.91 Å². The zero-order chi connectivity index (χ0) is 20.0. The lowest BCUT2D eigenvalue weighted by molar-refractivity contribution is -0.154. The van der Waals surface area contributed by atoms with Crippen molar-refractivity contribution >= 4 is 17.6 Å². The largest absolute Gasteiger partial charge is 0.468 e. The third-order valence-electron chi connectivity index (χ3n) is 3.28. The molecular formula is C17H17F3N4O3. The molecule has 2 N–H and O–H groups in total. The third kappa shape index (κ3) is 6.57. The van der Waals surface area contributed by atoms with Gasteiger partial charge in [-0.25, -0.2) is 9.97 Å². The average molecular weight is 382 g/mol. The maximum Gasteiger partial charge on any atom is 0.422 e. The lowest BCUT2D eigenvalue weighted by atomic mass is 10.1. The summed E-state index contributed by atoms with van der Waals surface area (Å²) in [5, 5.41) is 5.21. The Morgan fingerprint density at radius 2 is 2.00 bits per heavy atom. The number of alkyl halides is 3. The zero-order valence-corrected chi connectivity index (χ0v) is 14.5. The lowest BCUT2D eigenvalue weighted by Gasteiger charge is -2.15. The van der Waals surface area contributed by atoms with E-state index in [4.69, 9.17) is 0 Å². The fourth-order valence-electron chi connectivity index (χ4n) is 2.10. The van der Waals surface area contributed by atoms with Crippen LogP contribution in [-0.4, -0.2) is 34.6 Å². The quantitative estimate of drug-likeness (QED) is 0.801. The van der Waals surface area contributed by atoms with E-state index in [0.29, 0.717) is 11.4 Å². The van der Waals surface area contributed by atoms with Gasteiger partial charge in [0.15, 0.2) is 6.61 Å². The van der Waals surface area contributed by atoms with E-state index in [1.807, 2.05) is 0 Å². The fourth-order valence-corrected chi connectivity index (χ4v) is 2.10. The van der Waals surface area contributed by atoms with Gasteiger partial charge in [0.2, 0.25) is 11.8 Å². The Balaban J connectivity index is 2.05. The molecule has 0 saturated carbocycles. The molecular weight excluding hydrogens is 365 g/mol. The van der Waals surface area contributed by atoms with Crippen molar-refractivity contribution in [2.75, 3.05) is 11.9 Å². The van der Waals surface area contributed by atoms with E-state index < -0.39 is 24.7 Å². The van der Waals surface area contributed by atoms with Crippen LogP contribution in [0.1, 0.15) is 35.9 Å². The van der Waals surface area contributed by atoms with Gasteiger partial charge in [-0.2, -0.15) is 13.2 Å². The number of ether oxygens (including phenoxy) is 1. The van der Waals surface area contributed by atoms with Crippen LogP contribution in [0.15, 0.2) is 36.5 Å². The van der Waals surface area contributed by atoms with Crippen molar-refractivity contribution in [1.82, 2.24) is 15.3 Å². The van der Waals surface area contributed by atoms with E-state index in [9.17, 15) is 22.8 Å². The van der Waals surface area contributed by atoms with Gasteiger partial charge in [-0.1, -0.05) is 6.07 Å². The fraction of sp³-hybridized carbons (Fsp3) is 0.294. The van der Waals surface area contributed by atoms with E-state index >= 15 is 0 Å². The van der Waals surface area contributed by atoms with Crippen molar-refractivity contribution in [3.05, 3.63) is 47.8 Å². The van der Waals surface area contributed by atoms with Crippen molar-refractivity contribution in [2.45, 2.75) is 26.1 Å². The molecule has 1 atom stereocenters. The highest BCUT2D eigenvalue weighted by atomic mass is 19.4. The first-order valence-electron chi connectivity index (χ1n) is 7.85. The highest BCUT2D eigenvalue weighted by Gasteiger charge is 2.28. The topological polar surface area (TPSA) is 93.2 Å². The Hall–Kier alpha value is -3.17. The van der Waals surface area contributed by atoms with E-state index in [-0.39, 0.29) is 17.5 Å². The van der Waals surface area contributed by atoms with Crippen LogP contribution < -0.4 is 15.4 Å². The van der Waals surface area contributed by atoms with E-state index in [2.05, 4.69) is 25.3 Å². The van der Waals surface area contributed by atoms with Crippen molar-refractivity contribution in [3.63, 3.8) is 0 Å². The van der Waals surface area contributed by atoms with Crippen molar-refractivity contribution < 1.29 is 27.5 Å². The summed E-state index contributed by atoms with van der Waals surface area (Å²) in [6.45, 7) is 1.55. The summed E-state index contributed by atoms with van der Waals surface area (Å²) in [7, 11) is 0. The Labute approximate surface area is 153 Å². The standard InChI is InChI=1S/C17H17F3N4O3/c1-10(12-6-7-21-14(8-12)23-11(2)25)22-16(26)13-4-3-5-15(24-13)27-9-17(18,19)20/h3-8,10H,9H2,1-2H3,(H,22,26)(H,21,23,25). The van der Waals surface area contributed by atoms with Gasteiger partial charge in [-0.05, 0) is 30.7 Å². The van der Waals surface area contributed by atoms with Gasteiger partial charge < -0.3 is 15.4 Å². The number of nitrogens with zero attached hydrogens (tertiary/aromatic N) is 2. The number of halogens is 3. The minimum absolute atomic E-state index is 0.0855. The molecule has 2 amide bonds. The Kier molecular flexibility index (Phi) is 6.32. The molecule has 0 aliphatic heterocycles. The number of amides is 2. The van der Waals surface area contributed by atoms with Crippen LogP contribution in [0.2, 0.25) is 0 Å². The smallest absolute Gasteiger partial charge is 0.422 e. The Bertz CT molecular complexity index is 827. The molecule has 0 bridgehead atoms. The van der Waals surface area contributed by atoms with E-state index in [1.54, 1.807) is 19.1 Å². The van der Waals surface area contributed by atoms with Crippen molar-refractivity contribution in [1.29, 1.82) is 0 Å². The number of hydrogen-bond donors (Lipinski definition) is 2. The van der Waals surface area contributed by atoms with Crippen LogP contribution >= 0.6 is 0 Å². The summed E-state index contributed by atoms with van der Waals surface area (Å²) < 4.78 is 41.2. The third-order valence-corrected chi connectivity index (χ3v) is 3.28. The Morgan fingerprint density at radius 3 is 2.67 bits per heavy atom. The predicted molar refractivity (Wildman–Crippen MR) is 90.2 cm³/mol. The SMILES string of the molecule is CC(=O)Nc1cc(C(C)NC(=O)c2cccc(OCC(F)(F)F)n2)ccn1. The number of anilines is 1. The molecule has 2 rings (SSSR count). The number of carbonyl (C=O) groups excluding carboxylic acids is 2. The maximum absolute atomic E-state index is 12.3. The summed E-state index contributed by atoms with van der Waals surface area (Å²) in [6, 6.07) is 6.76. The molecule has 2 aromatic rings. The molecule has 144 valence electrons. The van der Waals surface area contributed by atoms with Gasteiger partial charge in [0.05, 0.1) is 6.04 Å². The molecule has 0 aromatic carbocycles. The highest BCUT2D eigenvalue weighted by molar-refractivity contribution is 5.92. The first-order valence-corrected chi connectivity index (χ1v) is 7.85. The van der Waals surface area contributed by atoms with Crippen LogP contribution in [-0.2, 0) is 4.79 Å². The molecule has 7 nitrogen and oxygen atoms in total. The lowest BCUT2D eigenvalue weighted by Crippen LogP contribution is -2.28. The normalized spacial score (nSPS) is 12.2. The highest BCUT2D eigenvalue weighted by Crippen LogP contribution is 2.18. The minimum atomic E-state index is -4.50. The zero-order valence-electron chi connectivity index (χ0n) is 14.5. The van der Waals surface area contributed by atoms with Gasteiger partial charge in [-0.15, -0.1) is 0 Å². The number of rotatable bonds is 6.